The highest BCUT2D eigenvalue weighted by molar-refractivity contribution is 5.68. The molecule has 0 saturated carbocycles. The van der Waals surface area contributed by atoms with Gasteiger partial charge in [-0.1, -0.05) is 12.1 Å². The van der Waals surface area contributed by atoms with Gasteiger partial charge in [0.1, 0.15) is 5.82 Å². The van der Waals surface area contributed by atoms with Crippen molar-refractivity contribution < 1.29 is 13.9 Å². The first-order valence-electron chi connectivity index (χ1n) is 6.66. The lowest BCUT2D eigenvalue weighted by atomic mass is 10.0. The third kappa shape index (κ3) is 2.47. The summed E-state index contributed by atoms with van der Waals surface area (Å²) in [6, 6.07) is 10.7. The third-order valence-electron chi connectivity index (χ3n) is 3.35. The molecule has 0 bridgehead atoms. The van der Waals surface area contributed by atoms with Crippen molar-refractivity contribution in [2.75, 3.05) is 13.2 Å². The van der Waals surface area contributed by atoms with Crippen LogP contribution in [0.3, 0.4) is 0 Å². The molecule has 2 N–H and O–H groups in total. The van der Waals surface area contributed by atoms with Crippen molar-refractivity contribution >= 4 is 0 Å². The maximum absolute atomic E-state index is 13.5. The zero-order chi connectivity index (χ0) is 13.9. The van der Waals surface area contributed by atoms with Crippen LogP contribution < -0.4 is 15.2 Å². The van der Waals surface area contributed by atoms with Crippen molar-refractivity contribution in [3.63, 3.8) is 0 Å². The monoisotopic (exact) mass is 273 g/mol. The highest BCUT2D eigenvalue weighted by Gasteiger charge is 2.12. The second-order valence-electron chi connectivity index (χ2n) is 4.72. The summed E-state index contributed by atoms with van der Waals surface area (Å²) in [5.41, 5.74) is 7.93. The van der Waals surface area contributed by atoms with Crippen LogP contribution in [-0.4, -0.2) is 13.2 Å². The topological polar surface area (TPSA) is 44.5 Å². The summed E-state index contributed by atoms with van der Waals surface area (Å²) in [4.78, 5) is 0. The molecule has 0 radical (unpaired) electrons. The third-order valence-corrected chi connectivity index (χ3v) is 3.35. The predicted molar refractivity (Wildman–Crippen MR) is 75.3 cm³/mol. The first-order valence-corrected chi connectivity index (χ1v) is 6.66. The van der Waals surface area contributed by atoms with E-state index in [-0.39, 0.29) is 12.4 Å². The number of halogens is 1. The minimum absolute atomic E-state index is 0.185. The van der Waals surface area contributed by atoms with Crippen molar-refractivity contribution in [1.82, 2.24) is 0 Å². The van der Waals surface area contributed by atoms with E-state index in [0.29, 0.717) is 18.8 Å². The molecule has 0 amide bonds. The number of benzene rings is 2. The molecule has 0 aromatic heterocycles. The Bertz CT molecular complexity index is 628. The van der Waals surface area contributed by atoms with Gasteiger partial charge >= 0.3 is 0 Å². The van der Waals surface area contributed by atoms with Crippen LogP contribution in [0.1, 0.15) is 12.0 Å². The zero-order valence-corrected chi connectivity index (χ0v) is 11.1. The van der Waals surface area contributed by atoms with E-state index in [1.54, 1.807) is 12.1 Å². The number of ether oxygens (including phenoxy) is 2. The van der Waals surface area contributed by atoms with Gasteiger partial charge in [0.25, 0.3) is 0 Å². The molecule has 0 aliphatic carbocycles. The Labute approximate surface area is 117 Å². The molecule has 4 heteroatoms. The summed E-state index contributed by atoms with van der Waals surface area (Å²) in [7, 11) is 0. The number of fused-ring (bicyclic) bond motifs is 1. The molecule has 0 spiro atoms. The number of hydrogen-bond acceptors (Lipinski definition) is 3. The molecule has 2 aromatic rings. The van der Waals surface area contributed by atoms with E-state index in [2.05, 4.69) is 0 Å². The molecule has 2 aromatic carbocycles. The van der Waals surface area contributed by atoms with Crippen molar-refractivity contribution in [2.24, 2.45) is 5.73 Å². The van der Waals surface area contributed by atoms with E-state index in [1.807, 2.05) is 18.2 Å². The van der Waals surface area contributed by atoms with Crippen LogP contribution in [0.15, 0.2) is 36.4 Å². The van der Waals surface area contributed by atoms with Crippen LogP contribution >= 0.6 is 0 Å². The molecule has 1 aliphatic rings. The second kappa shape index (κ2) is 5.51. The smallest absolute Gasteiger partial charge is 0.161 e. The SMILES string of the molecule is NCc1cc(-c2ccc3c(c2)OCCCO3)ccc1F. The first kappa shape index (κ1) is 12.9. The van der Waals surface area contributed by atoms with Gasteiger partial charge in [-0.3, -0.25) is 0 Å². The van der Waals surface area contributed by atoms with Crippen molar-refractivity contribution in [2.45, 2.75) is 13.0 Å². The van der Waals surface area contributed by atoms with Gasteiger partial charge in [-0.2, -0.15) is 0 Å². The summed E-state index contributed by atoms with van der Waals surface area (Å²) in [5.74, 6) is 1.22. The van der Waals surface area contributed by atoms with Gasteiger partial charge in [-0.25, -0.2) is 4.39 Å². The minimum Gasteiger partial charge on any atom is -0.490 e. The number of nitrogens with two attached hydrogens (primary N) is 1. The van der Waals surface area contributed by atoms with E-state index in [9.17, 15) is 4.39 Å². The molecule has 0 unspecified atom stereocenters. The van der Waals surface area contributed by atoms with Crippen molar-refractivity contribution in [1.29, 1.82) is 0 Å². The standard InChI is InChI=1S/C16H16FNO2/c17-14-4-2-11(8-13(14)10-18)12-3-5-15-16(9-12)20-7-1-6-19-15/h2-5,8-9H,1,6-7,10,18H2. The molecule has 0 fully saturated rings. The summed E-state index contributed by atoms with van der Waals surface area (Å²) in [6.07, 6.45) is 0.873. The Balaban J connectivity index is 2.00. The first-order chi connectivity index (χ1) is 9.78. The second-order valence-corrected chi connectivity index (χ2v) is 4.72. The lowest BCUT2D eigenvalue weighted by Gasteiger charge is -2.10. The Morgan fingerprint density at radius 3 is 2.45 bits per heavy atom. The minimum atomic E-state index is -0.273. The van der Waals surface area contributed by atoms with E-state index in [0.717, 1.165) is 29.0 Å². The van der Waals surface area contributed by atoms with Crippen LogP contribution in [0.4, 0.5) is 4.39 Å². The number of hydrogen-bond donors (Lipinski definition) is 1. The van der Waals surface area contributed by atoms with E-state index in [4.69, 9.17) is 15.2 Å². The van der Waals surface area contributed by atoms with Gasteiger partial charge in [-0.05, 0) is 35.4 Å². The molecule has 1 aliphatic heterocycles. The molecular formula is C16H16FNO2. The molecule has 20 heavy (non-hydrogen) atoms. The Hall–Kier alpha value is -2.07. The Morgan fingerprint density at radius 1 is 0.950 bits per heavy atom. The Kier molecular flexibility index (Phi) is 3.56. The maximum atomic E-state index is 13.5. The van der Waals surface area contributed by atoms with Crippen LogP contribution in [0.25, 0.3) is 11.1 Å². The summed E-state index contributed by atoms with van der Waals surface area (Å²) in [5, 5.41) is 0. The average Bonchev–Trinajstić information content (AvgIpc) is 2.72. The van der Waals surface area contributed by atoms with Gasteiger partial charge in [0.05, 0.1) is 13.2 Å². The van der Waals surface area contributed by atoms with Gasteiger partial charge in [0.2, 0.25) is 0 Å². The van der Waals surface area contributed by atoms with E-state index >= 15 is 0 Å². The molecule has 104 valence electrons. The van der Waals surface area contributed by atoms with Crippen molar-refractivity contribution in [3.05, 3.63) is 47.8 Å². The fourth-order valence-corrected chi connectivity index (χ4v) is 2.25. The quantitative estimate of drug-likeness (QED) is 0.914. The normalized spacial score (nSPS) is 13.9. The average molecular weight is 273 g/mol. The van der Waals surface area contributed by atoms with Gasteiger partial charge in [-0.15, -0.1) is 0 Å². The van der Waals surface area contributed by atoms with Gasteiger partial charge < -0.3 is 15.2 Å². The van der Waals surface area contributed by atoms with Crippen LogP contribution in [0, 0.1) is 5.82 Å². The van der Waals surface area contributed by atoms with Gasteiger partial charge in [0, 0.05) is 18.5 Å². The van der Waals surface area contributed by atoms with Crippen LogP contribution in [-0.2, 0) is 6.54 Å². The molecule has 1 heterocycles. The fourth-order valence-electron chi connectivity index (χ4n) is 2.25. The summed E-state index contributed by atoms with van der Waals surface area (Å²) >= 11 is 0. The molecular weight excluding hydrogens is 257 g/mol. The molecule has 0 atom stereocenters. The highest BCUT2D eigenvalue weighted by Crippen LogP contribution is 2.34. The molecule has 3 rings (SSSR count). The van der Waals surface area contributed by atoms with Crippen molar-refractivity contribution in [3.8, 4) is 22.6 Å². The lowest BCUT2D eigenvalue weighted by Crippen LogP contribution is -2.00. The molecule has 0 saturated heterocycles. The van der Waals surface area contributed by atoms with Crippen LogP contribution in [0.5, 0.6) is 11.5 Å². The predicted octanol–water partition coefficient (Wildman–Crippen LogP) is 3.11. The molecule has 3 nitrogen and oxygen atoms in total. The van der Waals surface area contributed by atoms with E-state index in [1.165, 1.54) is 6.07 Å². The van der Waals surface area contributed by atoms with Crippen LogP contribution in [0.2, 0.25) is 0 Å². The summed E-state index contributed by atoms with van der Waals surface area (Å²) in [6.45, 7) is 1.50. The van der Waals surface area contributed by atoms with Gasteiger partial charge in [0.15, 0.2) is 11.5 Å². The lowest BCUT2D eigenvalue weighted by molar-refractivity contribution is 0.297. The fraction of sp³-hybridized carbons (Fsp3) is 0.250. The highest BCUT2D eigenvalue weighted by atomic mass is 19.1. The van der Waals surface area contributed by atoms with E-state index < -0.39 is 0 Å². The Morgan fingerprint density at radius 2 is 1.65 bits per heavy atom. The number of rotatable bonds is 2. The maximum Gasteiger partial charge on any atom is 0.161 e. The zero-order valence-electron chi connectivity index (χ0n) is 11.1. The summed E-state index contributed by atoms with van der Waals surface area (Å²) < 4.78 is 24.8. The largest absolute Gasteiger partial charge is 0.490 e.